The summed E-state index contributed by atoms with van der Waals surface area (Å²) in [6.07, 6.45) is 5.64. The molecule has 1 aliphatic heterocycles. The molecule has 0 spiro atoms. The third-order valence-corrected chi connectivity index (χ3v) is 7.95. The van der Waals surface area contributed by atoms with Crippen LogP contribution in [0.5, 0.6) is 0 Å². The van der Waals surface area contributed by atoms with Gasteiger partial charge in [-0.05, 0) is 37.3 Å². The molecule has 2 fully saturated rings. The lowest BCUT2D eigenvalue weighted by molar-refractivity contribution is 0.0268. The molecule has 3 aromatic rings. The van der Waals surface area contributed by atoms with E-state index in [4.69, 9.17) is 9.47 Å². The molecule has 3 aliphatic rings. The number of pyridine rings is 2. The summed E-state index contributed by atoms with van der Waals surface area (Å²) in [6.45, 7) is 0.177. The summed E-state index contributed by atoms with van der Waals surface area (Å²) in [4.78, 5) is 35.9. The number of amides is 1. The zero-order valence-electron chi connectivity index (χ0n) is 21.4. The second-order valence-electron chi connectivity index (χ2n) is 10.3. The van der Waals surface area contributed by atoms with Gasteiger partial charge in [-0.2, -0.15) is 0 Å². The van der Waals surface area contributed by atoms with Gasteiger partial charge in [-0.25, -0.2) is 23.7 Å². The Morgan fingerprint density at radius 1 is 1.18 bits per heavy atom. The summed E-state index contributed by atoms with van der Waals surface area (Å²) < 4.78 is 29.2. The molecule has 0 saturated heterocycles. The van der Waals surface area contributed by atoms with Crippen LogP contribution in [-0.4, -0.2) is 63.7 Å². The van der Waals surface area contributed by atoms with Crippen molar-refractivity contribution in [3.8, 4) is 0 Å². The van der Waals surface area contributed by atoms with E-state index in [2.05, 4.69) is 25.9 Å². The number of imidazole rings is 1. The number of fused-ring (bicyclic) bond motifs is 4. The van der Waals surface area contributed by atoms with Crippen LogP contribution in [0.15, 0.2) is 29.5 Å². The van der Waals surface area contributed by atoms with Crippen LogP contribution in [0.3, 0.4) is 0 Å². The lowest BCUT2D eigenvalue weighted by atomic mass is 9.92. The zero-order chi connectivity index (χ0) is 26.4. The van der Waals surface area contributed by atoms with Crippen molar-refractivity contribution < 1.29 is 18.7 Å². The number of nitrogens with one attached hydrogen (secondary N) is 3. The molecule has 38 heavy (non-hydrogen) atoms. The van der Waals surface area contributed by atoms with Crippen LogP contribution >= 0.6 is 0 Å². The van der Waals surface area contributed by atoms with E-state index in [1.807, 2.05) is 6.20 Å². The Hall–Kier alpha value is -3.51. The first kappa shape index (κ1) is 24.8. The molecule has 2 saturated carbocycles. The van der Waals surface area contributed by atoms with Crippen molar-refractivity contribution in [2.24, 2.45) is 0 Å². The first-order valence-corrected chi connectivity index (χ1v) is 13.1. The van der Waals surface area contributed by atoms with Crippen molar-refractivity contribution in [3.63, 3.8) is 0 Å². The quantitative estimate of drug-likeness (QED) is 0.475. The summed E-state index contributed by atoms with van der Waals surface area (Å²) in [6, 6.07) is 2.59. The molecule has 3 unspecified atom stereocenters. The van der Waals surface area contributed by atoms with Crippen molar-refractivity contribution in [3.05, 3.63) is 40.6 Å². The number of hydrogen-bond acceptors (Lipinski definition) is 8. The molecule has 12 heteroatoms. The van der Waals surface area contributed by atoms with Gasteiger partial charge in [0.05, 0.1) is 30.5 Å². The summed E-state index contributed by atoms with van der Waals surface area (Å²) >= 11 is 0. The Kier molecular flexibility index (Phi) is 6.52. The van der Waals surface area contributed by atoms with Gasteiger partial charge in [0.2, 0.25) is 0 Å². The Labute approximate surface area is 218 Å². The molecular formula is C26H32FN7O4. The first-order valence-electron chi connectivity index (χ1n) is 13.1. The summed E-state index contributed by atoms with van der Waals surface area (Å²) in [5.74, 6) is 0.390. The Balaban J connectivity index is 1.46. The molecule has 3 atom stereocenters. The summed E-state index contributed by atoms with van der Waals surface area (Å²) in [7, 11) is 3.48. The van der Waals surface area contributed by atoms with Crippen molar-refractivity contribution in [2.45, 2.75) is 75.6 Å². The predicted molar refractivity (Wildman–Crippen MR) is 140 cm³/mol. The van der Waals surface area contributed by atoms with Gasteiger partial charge in [0.1, 0.15) is 29.5 Å². The average Bonchev–Trinajstić information content (AvgIpc) is 3.50. The van der Waals surface area contributed by atoms with Gasteiger partial charge in [0.25, 0.3) is 5.56 Å². The van der Waals surface area contributed by atoms with E-state index in [0.29, 0.717) is 28.4 Å². The molecule has 1 amide bonds. The predicted octanol–water partition coefficient (Wildman–Crippen LogP) is 3.47. The number of methoxy groups -OCH3 is 1. The van der Waals surface area contributed by atoms with E-state index in [9.17, 15) is 14.0 Å². The smallest absolute Gasteiger partial charge is 0.328 e. The normalized spacial score (nSPS) is 27.4. The van der Waals surface area contributed by atoms with E-state index in [1.54, 1.807) is 30.9 Å². The molecule has 4 heterocycles. The second kappa shape index (κ2) is 9.99. The monoisotopic (exact) mass is 525 g/mol. The van der Waals surface area contributed by atoms with Gasteiger partial charge in [-0.15, -0.1) is 0 Å². The fraction of sp³-hybridized carbons (Fsp3) is 0.538. The van der Waals surface area contributed by atoms with Crippen LogP contribution in [-0.2, 0) is 16.1 Å². The number of nitrogens with zero attached hydrogens (tertiary/aromatic N) is 4. The topological polar surface area (TPSA) is 124 Å². The fourth-order valence-electron chi connectivity index (χ4n) is 5.90. The molecule has 11 nitrogen and oxygen atoms in total. The number of alkyl halides is 1. The lowest BCUT2D eigenvalue weighted by Gasteiger charge is -2.30. The van der Waals surface area contributed by atoms with E-state index >= 15 is 0 Å². The van der Waals surface area contributed by atoms with Gasteiger partial charge in [0.15, 0.2) is 5.65 Å². The van der Waals surface area contributed by atoms with Crippen LogP contribution in [0.4, 0.5) is 26.4 Å². The highest BCUT2D eigenvalue weighted by Gasteiger charge is 2.37. The highest BCUT2D eigenvalue weighted by Crippen LogP contribution is 2.32. The summed E-state index contributed by atoms with van der Waals surface area (Å²) in [5.41, 5.74) is 2.44. The van der Waals surface area contributed by atoms with E-state index in [1.165, 1.54) is 10.9 Å². The van der Waals surface area contributed by atoms with Crippen molar-refractivity contribution >= 4 is 34.4 Å². The highest BCUT2D eigenvalue weighted by molar-refractivity contribution is 5.94. The molecule has 6 rings (SSSR count). The van der Waals surface area contributed by atoms with Gasteiger partial charge < -0.3 is 30.0 Å². The largest absolute Gasteiger partial charge is 0.386 e. The van der Waals surface area contributed by atoms with E-state index in [-0.39, 0.29) is 37.2 Å². The number of halogens is 1. The minimum atomic E-state index is -1.08. The molecule has 4 bridgehead atoms. The third kappa shape index (κ3) is 4.51. The maximum Gasteiger partial charge on any atom is 0.328 e. The molecular weight excluding hydrogens is 493 g/mol. The van der Waals surface area contributed by atoms with Crippen molar-refractivity contribution in [2.75, 3.05) is 24.8 Å². The highest BCUT2D eigenvalue weighted by atomic mass is 19.1. The standard InChI is InChI=1S/C26H32FN7O4/c1-28-19-10-22-30-20-7-14(11-33(25(20)35)16-3-5-17(37-2)6-4-16)12-38-21-9-15(27)8-18(21)31-26(36)34-13-29-23(19)24(34)32-22/h7,10-11,13,15-18,21H,3-6,8-9,12H2,1-2H3,(H,31,36)(H2,28,30,32). The van der Waals surface area contributed by atoms with Crippen LogP contribution < -0.4 is 21.5 Å². The number of aromatic nitrogens is 4. The molecule has 3 N–H and O–H groups in total. The van der Waals surface area contributed by atoms with E-state index in [0.717, 1.165) is 31.2 Å². The average molecular weight is 526 g/mol. The second-order valence-corrected chi connectivity index (χ2v) is 10.3. The minimum absolute atomic E-state index is 0.0340. The first-order chi connectivity index (χ1) is 18.4. The zero-order valence-corrected chi connectivity index (χ0v) is 21.4. The van der Waals surface area contributed by atoms with Crippen LogP contribution in [0, 0.1) is 0 Å². The molecule has 202 valence electrons. The summed E-state index contributed by atoms with van der Waals surface area (Å²) in [5, 5.41) is 9.19. The van der Waals surface area contributed by atoms with Gasteiger partial charge in [-0.1, -0.05) is 0 Å². The Morgan fingerprint density at radius 3 is 2.76 bits per heavy atom. The van der Waals surface area contributed by atoms with Gasteiger partial charge in [0, 0.05) is 45.3 Å². The minimum Gasteiger partial charge on any atom is -0.386 e. The van der Waals surface area contributed by atoms with Crippen molar-refractivity contribution in [1.29, 1.82) is 0 Å². The van der Waals surface area contributed by atoms with Gasteiger partial charge in [-0.3, -0.25) is 4.79 Å². The number of carbonyl (C=O) groups is 1. The number of carbonyl (C=O) groups excluding carboxylic acids is 1. The molecule has 0 aromatic carbocycles. The van der Waals surface area contributed by atoms with Crippen LogP contribution in [0.1, 0.15) is 50.1 Å². The number of ether oxygens (including phenoxy) is 2. The van der Waals surface area contributed by atoms with Crippen LogP contribution in [0.2, 0.25) is 0 Å². The molecule has 2 aliphatic carbocycles. The van der Waals surface area contributed by atoms with Gasteiger partial charge >= 0.3 is 6.03 Å². The molecule has 3 aromatic heterocycles. The lowest BCUT2D eigenvalue weighted by Crippen LogP contribution is -2.43. The number of hydrogen-bond donors (Lipinski definition) is 3. The Bertz CT molecular complexity index is 1410. The number of rotatable bonds is 3. The van der Waals surface area contributed by atoms with E-state index < -0.39 is 24.3 Å². The maximum atomic E-state index is 14.5. The third-order valence-electron chi connectivity index (χ3n) is 7.95. The number of anilines is 3. The molecule has 0 radical (unpaired) electrons. The SMILES string of the molecule is CNc1cc2nc3c1ncn3C(=O)NC1CC(F)CC1OCc1cc(c(=O)n(C3CCC(OC)CC3)c1)N2. The van der Waals surface area contributed by atoms with Crippen LogP contribution in [0.25, 0.3) is 11.2 Å². The maximum absolute atomic E-state index is 14.5. The Morgan fingerprint density at radius 2 is 2.00 bits per heavy atom. The van der Waals surface area contributed by atoms with Crippen molar-refractivity contribution in [1.82, 2.24) is 24.4 Å². The fourth-order valence-corrected chi connectivity index (χ4v) is 5.90.